The number of alkyl halides is 2. The van der Waals surface area contributed by atoms with Crippen LogP contribution in [-0.2, 0) is 5.41 Å². The summed E-state index contributed by atoms with van der Waals surface area (Å²) in [7, 11) is 0. The Morgan fingerprint density at radius 3 is 1.17 bits per heavy atom. The van der Waals surface area contributed by atoms with Crippen LogP contribution in [0.2, 0.25) is 0 Å². The normalized spacial score (nSPS) is 12.8. The highest BCUT2D eigenvalue weighted by molar-refractivity contribution is 9.12. The largest absolute Gasteiger partial charge is 0.0915 e. The second kappa shape index (κ2) is 7.46. The van der Waals surface area contributed by atoms with E-state index in [1.54, 1.807) is 0 Å². The van der Waals surface area contributed by atoms with E-state index in [-0.39, 0.29) is 10.2 Å². The quantitative estimate of drug-likeness (QED) is 0.335. The van der Waals surface area contributed by atoms with E-state index in [9.17, 15) is 0 Å². The van der Waals surface area contributed by atoms with Crippen molar-refractivity contribution in [3.63, 3.8) is 0 Å². The van der Waals surface area contributed by atoms with Crippen molar-refractivity contribution in [1.82, 2.24) is 0 Å². The molecule has 116 valence electrons. The highest BCUT2D eigenvalue weighted by atomic mass is 79.9. The zero-order valence-electron chi connectivity index (χ0n) is 12.7. The van der Waals surface area contributed by atoms with Crippen molar-refractivity contribution in [1.29, 1.82) is 0 Å². The van der Waals surface area contributed by atoms with Gasteiger partial charge in [-0.15, -0.1) is 0 Å². The van der Waals surface area contributed by atoms with Gasteiger partial charge in [0.25, 0.3) is 0 Å². The highest BCUT2D eigenvalue weighted by Crippen LogP contribution is 2.45. The molecule has 0 amide bonds. The molecule has 0 heterocycles. The Morgan fingerprint density at radius 1 is 0.609 bits per heavy atom. The molecule has 1 atom stereocenters. The van der Waals surface area contributed by atoms with Gasteiger partial charge in [-0.3, -0.25) is 0 Å². The van der Waals surface area contributed by atoms with Crippen LogP contribution in [0.5, 0.6) is 0 Å². The van der Waals surface area contributed by atoms with Gasteiger partial charge in [0.1, 0.15) is 0 Å². The summed E-state index contributed by atoms with van der Waals surface area (Å²) in [6.45, 7) is 0. The summed E-state index contributed by atoms with van der Waals surface area (Å²) in [5.74, 6) is 0. The second-order valence-electron chi connectivity index (χ2n) is 5.53. The van der Waals surface area contributed by atoms with E-state index in [4.69, 9.17) is 0 Å². The van der Waals surface area contributed by atoms with Gasteiger partial charge in [-0.05, 0) is 16.7 Å². The van der Waals surface area contributed by atoms with Crippen molar-refractivity contribution in [2.24, 2.45) is 0 Å². The maximum absolute atomic E-state index is 3.96. The minimum absolute atomic E-state index is 0.224. The van der Waals surface area contributed by atoms with Crippen molar-refractivity contribution in [2.45, 2.75) is 10.2 Å². The third kappa shape index (κ3) is 3.02. The molecule has 3 aromatic rings. The van der Waals surface area contributed by atoms with Gasteiger partial charge < -0.3 is 0 Å². The molecule has 2 heteroatoms. The van der Waals surface area contributed by atoms with Gasteiger partial charge >= 0.3 is 0 Å². The maximum atomic E-state index is 3.96. The zero-order chi connectivity index (χ0) is 16.1. The van der Waals surface area contributed by atoms with Gasteiger partial charge in [0.15, 0.2) is 0 Å². The lowest BCUT2D eigenvalue weighted by atomic mass is 9.67. The summed E-state index contributed by atoms with van der Waals surface area (Å²) in [6.07, 6.45) is 0. The molecule has 23 heavy (non-hydrogen) atoms. The second-order valence-corrected chi connectivity index (χ2v) is 7.28. The molecule has 3 rings (SSSR count). The van der Waals surface area contributed by atoms with E-state index in [1.165, 1.54) is 16.7 Å². The lowest BCUT2D eigenvalue weighted by Crippen LogP contribution is -2.39. The van der Waals surface area contributed by atoms with Gasteiger partial charge in [-0.2, -0.15) is 0 Å². The first-order chi connectivity index (χ1) is 11.3. The number of rotatable bonds is 5. The summed E-state index contributed by atoms with van der Waals surface area (Å²) in [6, 6.07) is 32.2. The molecule has 0 aliphatic rings. The summed E-state index contributed by atoms with van der Waals surface area (Å²) in [5.41, 5.74) is 3.63. The Balaban J connectivity index is 2.35. The Hall–Kier alpha value is -1.38. The van der Waals surface area contributed by atoms with E-state index in [2.05, 4.69) is 123 Å². The number of halogens is 2. The fraction of sp³-hybridized carbons (Fsp3) is 0.143. The molecule has 3 aromatic carbocycles. The van der Waals surface area contributed by atoms with Crippen molar-refractivity contribution >= 4 is 31.9 Å². The minimum atomic E-state index is -0.243. The summed E-state index contributed by atoms with van der Waals surface area (Å²) in [4.78, 5) is 0.224. The number of hydrogen-bond acceptors (Lipinski definition) is 0. The fourth-order valence-corrected chi connectivity index (χ4v) is 4.54. The standard InChI is InChI=1S/C21H18Br2/c22-16-20(23)21(17-10-4-1-5-11-17,18-12-6-2-7-13-18)19-14-8-3-9-15-19/h1-15,20H,16H2. The van der Waals surface area contributed by atoms with E-state index in [1.807, 2.05) is 0 Å². The third-order valence-corrected chi connectivity index (χ3v) is 6.82. The first-order valence-corrected chi connectivity index (χ1v) is 9.70. The van der Waals surface area contributed by atoms with Crippen LogP contribution >= 0.6 is 31.9 Å². The molecule has 0 spiro atoms. The Morgan fingerprint density at radius 2 is 0.913 bits per heavy atom. The van der Waals surface area contributed by atoms with Crippen LogP contribution in [0.3, 0.4) is 0 Å². The lowest BCUT2D eigenvalue weighted by Gasteiger charge is -2.39. The van der Waals surface area contributed by atoms with Crippen LogP contribution in [0, 0.1) is 0 Å². The first kappa shape index (κ1) is 16.5. The topological polar surface area (TPSA) is 0 Å². The molecular weight excluding hydrogens is 412 g/mol. The van der Waals surface area contributed by atoms with Crippen LogP contribution in [0.15, 0.2) is 91.0 Å². The molecule has 0 fully saturated rings. The van der Waals surface area contributed by atoms with Crippen LogP contribution in [0.25, 0.3) is 0 Å². The first-order valence-electron chi connectivity index (χ1n) is 7.66. The van der Waals surface area contributed by atoms with Gasteiger partial charge in [-0.1, -0.05) is 123 Å². The van der Waals surface area contributed by atoms with Crippen molar-refractivity contribution in [3.05, 3.63) is 108 Å². The molecule has 0 aliphatic carbocycles. The average Bonchev–Trinajstić information content (AvgIpc) is 2.65. The van der Waals surface area contributed by atoms with Gasteiger partial charge in [0.2, 0.25) is 0 Å². The molecule has 0 aliphatic heterocycles. The smallest absolute Gasteiger partial charge is 0.0584 e. The van der Waals surface area contributed by atoms with Gasteiger partial charge in [0, 0.05) is 10.2 Å². The van der Waals surface area contributed by atoms with Crippen LogP contribution in [-0.4, -0.2) is 10.2 Å². The predicted octanol–water partition coefficient (Wildman–Crippen LogP) is 6.18. The van der Waals surface area contributed by atoms with E-state index in [0.717, 1.165) is 5.33 Å². The van der Waals surface area contributed by atoms with E-state index in [0.29, 0.717) is 0 Å². The van der Waals surface area contributed by atoms with Gasteiger partial charge in [0.05, 0.1) is 5.41 Å². The monoisotopic (exact) mass is 428 g/mol. The summed E-state index contributed by atoms with van der Waals surface area (Å²) >= 11 is 7.66. The van der Waals surface area contributed by atoms with Crippen molar-refractivity contribution in [3.8, 4) is 0 Å². The van der Waals surface area contributed by atoms with Gasteiger partial charge in [-0.25, -0.2) is 0 Å². The Kier molecular flexibility index (Phi) is 5.34. The Labute approximate surface area is 154 Å². The minimum Gasteiger partial charge on any atom is -0.0915 e. The number of benzene rings is 3. The van der Waals surface area contributed by atoms with E-state index >= 15 is 0 Å². The fourth-order valence-electron chi connectivity index (χ4n) is 3.26. The average molecular weight is 430 g/mol. The molecule has 1 unspecified atom stereocenters. The highest BCUT2D eigenvalue weighted by Gasteiger charge is 2.41. The molecule has 0 saturated carbocycles. The Bertz CT molecular complexity index is 627. The maximum Gasteiger partial charge on any atom is 0.0584 e. The van der Waals surface area contributed by atoms with Crippen molar-refractivity contribution < 1.29 is 0 Å². The number of hydrogen-bond donors (Lipinski definition) is 0. The lowest BCUT2D eigenvalue weighted by molar-refractivity contribution is 0.624. The summed E-state index contributed by atoms with van der Waals surface area (Å²) in [5, 5.41) is 0.853. The SMILES string of the molecule is BrCC(Br)C(c1ccccc1)(c1ccccc1)c1ccccc1. The zero-order valence-corrected chi connectivity index (χ0v) is 15.9. The van der Waals surface area contributed by atoms with Crippen LogP contribution in [0.4, 0.5) is 0 Å². The van der Waals surface area contributed by atoms with Crippen LogP contribution < -0.4 is 0 Å². The predicted molar refractivity (Wildman–Crippen MR) is 106 cm³/mol. The molecule has 0 radical (unpaired) electrons. The molecular formula is C21H18Br2. The molecule has 0 saturated heterocycles. The van der Waals surface area contributed by atoms with Crippen LogP contribution in [0.1, 0.15) is 16.7 Å². The molecule has 0 aromatic heterocycles. The molecule has 0 nitrogen and oxygen atoms in total. The van der Waals surface area contributed by atoms with Crippen molar-refractivity contribution in [2.75, 3.05) is 5.33 Å². The molecule has 0 bridgehead atoms. The van der Waals surface area contributed by atoms with E-state index < -0.39 is 0 Å². The third-order valence-electron chi connectivity index (χ3n) is 4.29. The molecule has 0 N–H and O–H groups in total. The summed E-state index contributed by atoms with van der Waals surface area (Å²) < 4.78 is 0.